The minimum atomic E-state index is 0.672. The van der Waals surface area contributed by atoms with E-state index < -0.39 is 0 Å². The van der Waals surface area contributed by atoms with E-state index in [1.165, 1.54) is 44.9 Å². The van der Waals surface area contributed by atoms with Gasteiger partial charge in [-0.05, 0) is 85.0 Å². The van der Waals surface area contributed by atoms with E-state index in [0.717, 1.165) is 23.5 Å². The SMILES string of the molecule is COc1ccc2c(c1)CCC1C2CC[C@@]2(C)CCCC12. The number of methoxy groups -OCH3 is 1. The lowest BCUT2D eigenvalue weighted by Gasteiger charge is -2.49. The number of benzene rings is 1. The molecule has 0 aliphatic heterocycles. The molecule has 0 saturated heterocycles. The molecule has 108 valence electrons. The maximum atomic E-state index is 5.40. The molecule has 4 atom stereocenters. The highest BCUT2D eigenvalue weighted by Crippen LogP contribution is 2.60. The molecule has 2 fully saturated rings. The van der Waals surface area contributed by atoms with Gasteiger partial charge in [-0.3, -0.25) is 0 Å². The molecule has 3 aliphatic rings. The molecular weight excluding hydrogens is 244 g/mol. The lowest BCUT2D eigenvalue weighted by molar-refractivity contribution is 0.0598. The monoisotopic (exact) mass is 270 g/mol. The standard InChI is InChI=1S/C19H26O/c1-19-10-3-4-18(19)17-7-5-13-12-14(20-2)6-8-15(13)16(17)9-11-19/h6,8,12,16-18H,3-5,7,9-11H2,1-2H3/t16?,17?,18?,19-/m1/s1. The molecule has 0 radical (unpaired) electrons. The summed E-state index contributed by atoms with van der Waals surface area (Å²) in [6, 6.07) is 6.82. The second kappa shape index (κ2) is 4.51. The number of aryl methyl sites for hydroxylation is 1. The van der Waals surface area contributed by atoms with Crippen LogP contribution in [-0.2, 0) is 6.42 Å². The second-order valence-corrected chi connectivity index (χ2v) is 7.57. The van der Waals surface area contributed by atoms with Crippen LogP contribution in [0.4, 0.5) is 0 Å². The normalized spacial score (nSPS) is 38.8. The summed E-state index contributed by atoms with van der Waals surface area (Å²) in [6.07, 6.45) is 9.98. The smallest absolute Gasteiger partial charge is 0.119 e. The van der Waals surface area contributed by atoms with E-state index in [-0.39, 0.29) is 0 Å². The molecule has 20 heavy (non-hydrogen) atoms. The van der Waals surface area contributed by atoms with Gasteiger partial charge in [0.05, 0.1) is 7.11 Å². The average molecular weight is 270 g/mol. The highest BCUT2D eigenvalue weighted by atomic mass is 16.5. The van der Waals surface area contributed by atoms with Crippen LogP contribution in [0.15, 0.2) is 18.2 Å². The van der Waals surface area contributed by atoms with Crippen molar-refractivity contribution in [3.05, 3.63) is 29.3 Å². The molecular formula is C19H26O. The Hall–Kier alpha value is -0.980. The molecule has 1 aromatic rings. The van der Waals surface area contributed by atoms with Crippen molar-refractivity contribution in [3.8, 4) is 5.75 Å². The van der Waals surface area contributed by atoms with E-state index in [0.29, 0.717) is 5.41 Å². The molecule has 0 aromatic heterocycles. The zero-order chi connectivity index (χ0) is 13.7. The fourth-order valence-corrected chi connectivity index (χ4v) is 5.68. The quantitative estimate of drug-likeness (QED) is 0.702. The van der Waals surface area contributed by atoms with Gasteiger partial charge in [0.2, 0.25) is 0 Å². The Morgan fingerprint density at radius 3 is 2.90 bits per heavy atom. The van der Waals surface area contributed by atoms with Gasteiger partial charge in [0.1, 0.15) is 5.75 Å². The molecule has 1 heteroatoms. The molecule has 1 nitrogen and oxygen atoms in total. The maximum Gasteiger partial charge on any atom is 0.119 e. The molecule has 0 heterocycles. The van der Waals surface area contributed by atoms with Crippen molar-refractivity contribution in [2.45, 2.75) is 57.8 Å². The summed E-state index contributed by atoms with van der Waals surface area (Å²) in [5.74, 6) is 3.82. The summed E-state index contributed by atoms with van der Waals surface area (Å²) in [5.41, 5.74) is 3.88. The lowest BCUT2D eigenvalue weighted by Crippen LogP contribution is -2.39. The third-order valence-corrected chi connectivity index (χ3v) is 6.71. The van der Waals surface area contributed by atoms with Crippen molar-refractivity contribution in [2.75, 3.05) is 7.11 Å². The minimum absolute atomic E-state index is 0.672. The van der Waals surface area contributed by atoms with Crippen LogP contribution in [-0.4, -0.2) is 7.11 Å². The summed E-state index contributed by atoms with van der Waals surface area (Å²) in [5, 5.41) is 0. The predicted molar refractivity (Wildman–Crippen MR) is 82.2 cm³/mol. The van der Waals surface area contributed by atoms with Crippen LogP contribution >= 0.6 is 0 Å². The van der Waals surface area contributed by atoms with Crippen LogP contribution < -0.4 is 4.74 Å². The molecule has 4 rings (SSSR count). The van der Waals surface area contributed by atoms with Crippen LogP contribution in [0.5, 0.6) is 5.75 Å². The van der Waals surface area contributed by atoms with Crippen molar-refractivity contribution in [3.63, 3.8) is 0 Å². The zero-order valence-corrected chi connectivity index (χ0v) is 12.8. The summed E-state index contributed by atoms with van der Waals surface area (Å²) >= 11 is 0. The number of fused-ring (bicyclic) bond motifs is 5. The summed E-state index contributed by atoms with van der Waals surface area (Å²) in [4.78, 5) is 0. The van der Waals surface area contributed by atoms with E-state index in [4.69, 9.17) is 4.74 Å². The summed E-state index contributed by atoms with van der Waals surface area (Å²) in [6.45, 7) is 2.57. The second-order valence-electron chi connectivity index (χ2n) is 7.57. The van der Waals surface area contributed by atoms with Crippen LogP contribution in [0.2, 0.25) is 0 Å². The third-order valence-electron chi connectivity index (χ3n) is 6.71. The first-order chi connectivity index (χ1) is 9.71. The van der Waals surface area contributed by atoms with Crippen molar-refractivity contribution >= 4 is 0 Å². The van der Waals surface area contributed by atoms with Crippen molar-refractivity contribution in [2.24, 2.45) is 17.3 Å². The number of ether oxygens (including phenoxy) is 1. The van der Waals surface area contributed by atoms with Gasteiger partial charge in [-0.1, -0.05) is 19.4 Å². The van der Waals surface area contributed by atoms with E-state index in [2.05, 4.69) is 25.1 Å². The van der Waals surface area contributed by atoms with Gasteiger partial charge in [-0.15, -0.1) is 0 Å². The third kappa shape index (κ3) is 1.75. The summed E-state index contributed by atoms with van der Waals surface area (Å²) < 4.78 is 5.40. The van der Waals surface area contributed by atoms with Gasteiger partial charge in [-0.25, -0.2) is 0 Å². The Labute approximate surface area is 122 Å². The molecule has 3 unspecified atom stereocenters. The largest absolute Gasteiger partial charge is 0.497 e. The average Bonchev–Trinajstić information content (AvgIpc) is 2.88. The minimum Gasteiger partial charge on any atom is -0.497 e. The molecule has 0 spiro atoms. The predicted octanol–water partition coefficient (Wildman–Crippen LogP) is 4.94. The lowest BCUT2D eigenvalue weighted by atomic mass is 9.56. The van der Waals surface area contributed by atoms with E-state index in [9.17, 15) is 0 Å². The van der Waals surface area contributed by atoms with Gasteiger partial charge in [0.15, 0.2) is 0 Å². The van der Waals surface area contributed by atoms with Crippen LogP contribution in [0.1, 0.15) is 62.5 Å². The Morgan fingerprint density at radius 2 is 2.05 bits per heavy atom. The Balaban J connectivity index is 1.69. The fourth-order valence-electron chi connectivity index (χ4n) is 5.68. The number of hydrogen-bond donors (Lipinski definition) is 0. The van der Waals surface area contributed by atoms with E-state index in [1.807, 2.05) is 0 Å². The Kier molecular flexibility index (Phi) is 2.87. The van der Waals surface area contributed by atoms with Gasteiger partial charge in [-0.2, -0.15) is 0 Å². The zero-order valence-electron chi connectivity index (χ0n) is 12.8. The van der Waals surface area contributed by atoms with Gasteiger partial charge in [0.25, 0.3) is 0 Å². The van der Waals surface area contributed by atoms with Crippen molar-refractivity contribution < 1.29 is 4.74 Å². The van der Waals surface area contributed by atoms with Gasteiger partial charge in [0, 0.05) is 0 Å². The first-order valence-electron chi connectivity index (χ1n) is 8.38. The van der Waals surface area contributed by atoms with Crippen LogP contribution in [0, 0.1) is 17.3 Å². The topological polar surface area (TPSA) is 9.23 Å². The molecule has 0 N–H and O–H groups in total. The fraction of sp³-hybridized carbons (Fsp3) is 0.684. The highest BCUT2D eigenvalue weighted by molar-refractivity contribution is 5.40. The maximum absolute atomic E-state index is 5.40. The van der Waals surface area contributed by atoms with Crippen LogP contribution in [0.3, 0.4) is 0 Å². The molecule has 3 aliphatic carbocycles. The summed E-state index contributed by atoms with van der Waals surface area (Å²) in [7, 11) is 1.78. The van der Waals surface area contributed by atoms with E-state index >= 15 is 0 Å². The highest BCUT2D eigenvalue weighted by Gasteiger charge is 2.50. The van der Waals surface area contributed by atoms with E-state index in [1.54, 1.807) is 18.2 Å². The Morgan fingerprint density at radius 1 is 1.15 bits per heavy atom. The first kappa shape index (κ1) is 12.7. The number of rotatable bonds is 1. The van der Waals surface area contributed by atoms with Gasteiger partial charge >= 0.3 is 0 Å². The van der Waals surface area contributed by atoms with Crippen LogP contribution in [0.25, 0.3) is 0 Å². The molecule has 1 aromatic carbocycles. The molecule has 0 bridgehead atoms. The first-order valence-corrected chi connectivity index (χ1v) is 8.38. The van der Waals surface area contributed by atoms with Crippen molar-refractivity contribution in [1.82, 2.24) is 0 Å². The van der Waals surface area contributed by atoms with Gasteiger partial charge < -0.3 is 4.74 Å². The Bertz CT molecular complexity index is 520. The number of hydrogen-bond acceptors (Lipinski definition) is 1. The molecule has 0 amide bonds. The van der Waals surface area contributed by atoms with Crippen molar-refractivity contribution in [1.29, 1.82) is 0 Å². The molecule has 2 saturated carbocycles.